The molecule has 0 aliphatic heterocycles. The zero-order valence-electron chi connectivity index (χ0n) is 14.4. The van der Waals surface area contributed by atoms with Gasteiger partial charge in [-0.05, 0) is 42.8 Å². The highest BCUT2D eigenvalue weighted by Crippen LogP contribution is 2.17. The maximum atomic E-state index is 13.6. The molecule has 0 spiro atoms. The number of H-pyrrole nitrogens is 1. The summed E-state index contributed by atoms with van der Waals surface area (Å²) in [6.07, 6.45) is 3.39. The number of ether oxygens (including phenoxy) is 1. The third-order valence-electron chi connectivity index (χ3n) is 3.86. The first-order valence-electron chi connectivity index (χ1n) is 8.27. The van der Waals surface area contributed by atoms with Crippen LogP contribution in [0.3, 0.4) is 0 Å². The summed E-state index contributed by atoms with van der Waals surface area (Å²) in [5.74, 6) is -0.460. The van der Waals surface area contributed by atoms with Gasteiger partial charge in [-0.15, -0.1) is 0 Å². The lowest BCUT2D eigenvalue weighted by Gasteiger charge is -2.19. The maximum Gasteiger partial charge on any atom is 0.274 e. The summed E-state index contributed by atoms with van der Waals surface area (Å²) in [5.41, 5.74) is 1.89. The minimum atomic E-state index is -0.433. The fraction of sp³-hybridized carbons (Fsp3) is 0.211. The lowest BCUT2D eigenvalue weighted by Crippen LogP contribution is -2.30. The smallest absolute Gasteiger partial charge is 0.274 e. The molecule has 26 heavy (non-hydrogen) atoms. The Morgan fingerprint density at radius 2 is 2.00 bits per heavy atom. The predicted octanol–water partition coefficient (Wildman–Crippen LogP) is 3.19. The van der Waals surface area contributed by atoms with Gasteiger partial charge in [0.15, 0.2) is 17.3 Å². The van der Waals surface area contributed by atoms with Gasteiger partial charge in [0.05, 0.1) is 5.69 Å². The molecule has 0 bridgehead atoms. The van der Waals surface area contributed by atoms with Gasteiger partial charge in [-0.1, -0.05) is 12.1 Å². The first-order chi connectivity index (χ1) is 12.7. The van der Waals surface area contributed by atoms with Crippen molar-refractivity contribution >= 4 is 5.91 Å². The Labute approximate surface area is 150 Å². The molecule has 3 aromatic rings. The van der Waals surface area contributed by atoms with Crippen molar-refractivity contribution in [3.8, 4) is 5.75 Å². The lowest BCUT2D eigenvalue weighted by atomic mass is 10.2. The highest BCUT2D eigenvalue weighted by Gasteiger charge is 2.18. The number of halogens is 1. The van der Waals surface area contributed by atoms with Crippen molar-refractivity contribution in [2.75, 3.05) is 6.54 Å². The van der Waals surface area contributed by atoms with E-state index in [2.05, 4.69) is 15.2 Å². The molecule has 0 aliphatic rings. The van der Waals surface area contributed by atoms with Gasteiger partial charge >= 0.3 is 0 Å². The molecular formula is C19H19FN4O2. The van der Waals surface area contributed by atoms with Gasteiger partial charge < -0.3 is 9.64 Å². The number of pyridine rings is 1. The molecule has 2 aromatic heterocycles. The van der Waals surface area contributed by atoms with E-state index in [9.17, 15) is 9.18 Å². The zero-order valence-corrected chi connectivity index (χ0v) is 14.4. The summed E-state index contributed by atoms with van der Waals surface area (Å²) in [7, 11) is 0. The van der Waals surface area contributed by atoms with Gasteiger partial charge in [-0.25, -0.2) is 4.39 Å². The molecule has 7 heteroatoms. The number of hydrogen-bond acceptors (Lipinski definition) is 4. The van der Waals surface area contributed by atoms with E-state index in [1.165, 1.54) is 6.07 Å². The summed E-state index contributed by atoms with van der Waals surface area (Å²) in [5, 5.41) is 6.82. The number of aromatic nitrogens is 3. The second-order valence-electron chi connectivity index (χ2n) is 5.67. The van der Waals surface area contributed by atoms with Gasteiger partial charge in [-0.3, -0.25) is 14.9 Å². The van der Waals surface area contributed by atoms with Gasteiger partial charge in [0.25, 0.3) is 5.91 Å². The first kappa shape index (κ1) is 17.6. The third kappa shape index (κ3) is 4.24. The number of rotatable bonds is 7. The van der Waals surface area contributed by atoms with Crippen LogP contribution < -0.4 is 4.74 Å². The van der Waals surface area contributed by atoms with Crippen LogP contribution >= 0.6 is 0 Å². The molecule has 0 fully saturated rings. The van der Waals surface area contributed by atoms with Crippen molar-refractivity contribution in [3.63, 3.8) is 0 Å². The van der Waals surface area contributed by atoms with Crippen LogP contribution in [0.5, 0.6) is 5.75 Å². The molecular weight excluding hydrogens is 335 g/mol. The Morgan fingerprint density at radius 1 is 1.23 bits per heavy atom. The van der Waals surface area contributed by atoms with E-state index in [1.807, 2.05) is 19.1 Å². The SMILES string of the molecule is CCN(Cc1ccncc1)C(=O)c1cc(COc2ccccc2F)[nH]n1. The normalized spacial score (nSPS) is 10.5. The van der Waals surface area contributed by atoms with Crippen molar-refractivity contribution in [1.29, 1.82) is 0 Å². The Balaban J connectivity index is 1.64. The molecule has 0 radical (unpaired) electrons. The number of aromatic amines is 1. The van der Waals surface area contributed by atoms with Crippen LogP contribution in [-0.4, -0.2) is 32.5 Å². The van der Waals surface area contributed by atoms with Crippen molar-refractivity contribution in [1.82, 2.24) is 20.1 Å². The second-order valence-corrected chi connectivity index (χ2v) is 5.67. The molecule has 6 nitrogen and oxygen atoms in total. The summed E-state index contributed by atoms with van der Waals surface area (Å²) in [6, 6.07) is 11.5. The van der Waals surface area contributed by atoms with Crippen LogP contribution in [0.15, 0.2) is 54.9 Å². The van der Waals surface area contributed by atoms with Crippen molar-refractivity contribution in [2.45, 2.75) is 20.1 Å². The number of nitrogens with zero attached hydrogens (tertiary/aromatic N) is 3. The van der Waals surface area contributed by atoms with Crippen LogP contribution in [0.1, 0.15) is 28.7 Å². The van der Waals surface area contributed by atoms with Crippen LogP contribution in [0.25, 0.3) is 0 Å². The molecule has 1 amide bonds. The number of hydrogen-bond donors (Lipinski definition) is 1. The number of carbonyl (C=O) groups is 1. The van der Waals surface area contributed by atoms with Crippen molar-refractivity contribution in [2.24, 2.45) is 0 Å². The average Bonchev–Trinajstić information content (AvgIpc) is 3.15. The average molecular weight is 354 g/mol. The molecule has 0 saturated heterocycles. The zero-order chi connectivity index (χ0) is 18.4. The van der Waals surface area contributed by atoms with Gasteiger partial charge in [0.2, 0.25) is 0 Å². The van der Waals surface area contributed by atoms with E-state index in [0.717, 1.165) is 5.56 Å². The summed E-state index contributed by atoms with van der Waals surface area (Å²) in [4.78, 5) is 18.3. The Hall–Kier alpha value is -3.22. The monoisotopic (exact) mass is 354 g/mol. The molecule has 2 heterocycles. The van der Waals surface area contributed by atoms with Gasteiger partial charge in [0.1, 0.15) is 6.61 Å². The Kier molecular flexibility index (Phi) is 5.58. The summed E-state index contributed by atoms with van der Waals surface area (Å²) in [6.45, 7) is 3.03. The van der Waals surface area contributed by atoms with Crippen molar-refractivity contribution in [3.05, 3.63) is 77.6 Å². The molecule has 0 atom stereocenters. The highest BCUT2D eigenvalue weighted by atomic mass is 19.1. The van der Waals surface area contributed by atoms with Crippen LogP contribution in [0.4, 0.5) is 4.39 Å². The second kappa shape index (κ2) is 8.24. The molecule has 1 N–H and O–H groups in total. The number of carbonyl (C=O) groups excluding carboxylic acids is 1. The maximum absolute atomic E-state index is 13.6. The molecule has 1 aromatic carbocycles. The number of benzene rings is 1. The van der Waals surface area contributed by atoms with E-state index in [4.69, 9.17) is 4.74 Å². The van der Waals surface area contributed by atoms with E-state index in [-0.39, 0.29) is 18.3 Å². The van der Waals surface area contributed by atoms with Crippen molar-refractivity contribution < 1.29 is 13.9 Å². The molecule has 0 unspecified atom stereocenters. The summed E-state index contributed by atoms with van der Waals surface area (Å²) < 4.78 is 19.0. The first-order valence-corrected chi connectivity index (χ1v) is 8.27. The molecule has 134 valence electrons. The standard InChI is InChI=1S/C19H19FN4O2/c1-2-24(12-14-7-9-21-10-8-14)19(25)17-11-15(22-23-17)13-26-18-6-4-3-5-16(18)20/h3-11H,2,12-13H2,1H3,(H,22,23). The highest BCUT2D eigenvalue weighted by molar-refractivity contribution is 5.92. The molecule has 0 aliphatic carbocycles. The topological polar surface area (TPSA) is 71.1 Å². The largest absolute Gasteiger partial charge is 0.484 e. The minimum Gasteiger partial charge on any atom is -0.484 e. The number of para-hydroxylation sites is 1. The van der Waals surface area contributed by atoms with Crippen LogP contribution in [-0.2, 0) is 13.2 Å². The third-order valence-corrected chi connectivity index (χ3v) is 3.86. The van der Waals surface area contributed by atoms with Crippen LogP contribution in [0.2, 0.25) is 0 Å². The van der Waals surface area contributed by atoms with E-state index in [0.29, 0.717) is 24.5 Å². The van der Waals surface area contributed by atoms with Crippen LogP contribution in [0, 0.1) is 5.82 Å². The lowest BCUT2D eigenvalue weighted by molar-refractivity contribution is 0.0746. The number of amides is 1. The van der Waals surface area contributed by atoms with Gasteiger partial charge in [-0.2, -0.15) is 5.10 Å². The number of nitrogens with one attached hydrogen (secondary N) is 1. The minimum absolute atomic E-state index is 0.0949. The molecule has 3 rings (SSSR count). The van der Waals surface area contributed by atoms with E-state index < -0.39 is 5.82 Å². The van der Waals surface area contributed by atoms with E-state index in [1.54, 1.807) is 41.6 Å². The summed E-state index contributed by atoms with van der Waals surface area (Å²) >= 11 is 0. The quantitative estimate of drug-likeness (QED) is 0.707. The van der Waals surface area contributed by atoms with E-state index >= 15 is 0 Å². The fourth-order valence-corrected chi connectivity index (χ4v) is 2.46. The Bertz CT molecular complexity index is 867. The Morgan fingerprint density at radius 3 is 2.73 bits per heavy atom. The predicted molar refractivity (Wildman–Crippen MR) is 94.0 cm³/mol. The molecule has 0 saturated carbocycles. The van der Waals surface area contributed by atoms with Gasteiger partial charge in [0, 0.05) is 25.5 Å². The fourth-order valence-electron chi connectivity index (χ4n) is 2.46.